The van der Waals surface area contributed by atoms with Crippen molar-refractivity contribution in [2.24, 2.45) is 0 Å². The molecule has 1 amide bonds. The van der Waals surface area contributed by atoms with E-state index in [4.69, 9.17) is 11.6 Å². The molecule has 0 spiro atoms. The normalized spacial score (nSPS) is 16.4. The molecule has 2 aromatic rings. The lowest BCUT2D eigenvalue weighted by atomic mass is 10.0. The number of phenols is 1. The van der Waals surface area contributed by atoms with E-state index in [1.807, 2.05) is 12.1 Å². The van der Waals surface area contributed by atoms with Gasteiger partial charge in [-0.1, -0.05) is 11.6 Å². The van der Waals surface area contributed by atoms with Crippen molar-refractivity contribution in [3.05, 3.63) is 63.7 Å². The molecule has 2 heterocycles. The van der Waals surface area contributed by atoms with Crippen LogP contribution in [0, 0.1) is 0 Å². The lowest BCUT2D eigenvalue weighted by molar-refractivity contribution is 0.0951. The number of nitrogens with zero attached hydrogens (tertiary/aromatic N) is 2. The van der Waals surface area contributed by atoms with Crippen LogP contribution in [0.5, 0.6) is 5.75 Å². The van der Waals surface area contributed by atoms with Gasteiger partial charge in [0.15, 0.2) is 0 Å². The molecule has 2 fully saturated rings. The fraction of sp³-hybridized carbons (Fsp3) is 0.458. The average molecular weight is 501 g/mol. The fourth-order valence-electron chi connectivity index (χ4n) is 4.42. The first-order valence-corrected chi connectivity index (χ1v) is 11.3. The molecule has 2 aliphatic rings. The number of hydrogen-bond donors (Lipinski definition) is 2. The van der Waals surface area contributed by atoms with Crippen molar-refractivity contribution in [3.8, 4) is 5.75 Å². The molecule has 5 nitrogen and oxygen atoms in total. The predicted octanol–water partition coefficient (Wildman–Crippen LogP) is 5.01. The highest BCUT2D eigenvalue weighted by Gasteiger charge is 2.19. The van der Waals surface area contributed by atoms with E-state index in [0.29, 0.717) is 22.9 Å². The summed E-state index contributed by atoms with van der Waals surface area (Å²) >= 11 is 5.92. The number of phenolic OH excluding ortho intramolecular Hbond substituents is 1. The zero-order valence-corrected chi connectivity index (χ0v) is 20.6. The van der Waals surface area contributed by atoms with Crippen molar-refractivity contribution in [2.45, 2.75) is 45.3 Å². The molecule has 0 bridgehead atoms. The van der Waals surface area contributed by atoms with Gasteiger partial charge >= 0.3 is 0 Å². The molecular formula is C24H32Cl3N3O2. The van der Waals surface area contributed by atoms with Crippen molar-refractivity contribution >= 4 is 42.3 Å². The Balaban J connectivity index is 0.00000181. The van der Waals surface area contributed by atoms with Gasteiger partial charge in [0, 0.05) is 41.3 Å². The smallest absolute Gasteiger partial charge is 0.251 e. The quantitative estimate of drug-likeness (QED) is 0.561. The molecule has 2 aromatic carbocycles. The van der Waals surface area contributed by atoms with Gasteiger partial charge in [-0.05, 0) is 93.8 Å². The van der Waals surface area contributed by atoms with Crippen molar-refractivity contribution in [1.29, 1.82) is 0 Å². The Kier molecular flexibility index (Phi) is 10.6. The van der Waals surface area contributed by atoms with E-state index >= 15 is 0 Å². The number of amides is 1. The van der Waals surface area contributed by atoms with Gasteiger partial charge in [0.1, 0.15) is 5.75 Å². The van der Waals surface area contributed by atoms with Crippen LogP contribution in [-0.4, -0.2) is 47.0 Å². The van der Waals surface area contributed by atoms with E-state index in [1.165, 1.54) is 25.7 Å². The third-order valence-electron chi connectivity index (χ3n) is 6.07. The van der Waals surface area contributed by atoms with Gasteiger partial charge in [0.05, 0.1) is 0 Å². The van der Waals surface area contributed by atoms with E-state index in [0.717, 1.165) is 56.0 Å². The number of nitrogens with one attached hydrogen (secondary N) is 1. The highest BCUT2D eigenvalue weighted by molar-refractivity contribution is 6.30. The van der Waals surface area contributed by atoms with Crippen LogP contribution in [0.1, 0.15) is 52.7 Å². The lowest BCUT2D eigenvalue weighted by Crippen LogP contribution is -2.24. The Hall–Kier alpha value is -1.50. The summed E-state index contributed by atoms with van der Waals surface area (Å²) in [6.45, 7) is 6.28. The summed E-state index contributed by atoms with van der Waals surface area (Å²) in [6, 6.07) is 11.0. The van der Waals surface area contributed by atoms with Gasteiger partial charge in [-0.25, -0.2) is 0 Å². The Morgan fingerprint density at radius 2 is 1.34 bits per heavy atom. The summed E-state index contributed by atoms with van der Waals surface area (Å²) in [5, 5.41) is 14.6. The first-order valence-electron chi connectivity index (χ1n) is 10.9. The molecular weight excluding hydrogens is 469 g/mol. The monoisotopic (exact) mass is 499 g/mol. The van der Waals surface area contributed by atoms with Crippen LogP contribution < -0.4 is 5.32 Å². The SMILES string of the molecule is Cl.Cl.O=C(NCc1cc(CN2CCCC2)c(O)c(CN2CCCC2)c1)c1ccc(Cl)cc1. The van der Waals surface area contributed by atoms with Crippen LogP contribution in [0.15, 0.2) is 36.4 Å². The maximum absolute atomic E-state index is 12.5. The minimum Gasteiger partial charge on any atom is -0.507 e. The topological polar surface area (TPSA) is 55.8 Å². The highest BCUT2D eigenvalue weighted by atomic mass is 35.5. The summed E-state index contributed by atoms with van der Waals surface area (Å²) in [5.41, 5.74) is 3.54. The number of likely N-dealkylation sites (tertiary alicyclic amines) is 2. The number of benzene rings is 2. The summed E-state index contributed by atoms with van der Waals surface area (Å²) in [5.74, 6) is 0.295. The number of halogens is 3. The molecule has 176 valence electrons. The number of carbonyl (C=O) groups excluding carboxylic acids is 1. The average Bonchev–Trinajstić information content (AvgIpc) is 3.44. The van der Waals surface area contributed by atoms with Crippen LogP contribution in [0.25, 0.3) is 0 Å². The van der Waals surface area contributed by atoms with Crippen LogP contribution in [-0.2, 0) is 19.6 Å². The maximum Gasteiger partial charge on any atom is 0.251 e. The molecule has 8 heteroatoms. The molecule has 0 radical (unpaired) electrons. The Labute approximate surface area is 207 Å². The minimum absolute atomic E-state index is 0. The number of rotatable bonds is 7. The second kappa shape index (κ2) is 12.7. The van der Waals surface area contributed by atoms with Gasteiger partial charge < -0.3 is 10.4 Å². The maximum atomic E-state index is 12.5. The van der Waals surface area contributed by atoms with E-state index < -0.39 is 0 Å². The second-order valence-corrected chi connectivity index (χ2v) is 8.86. The minimum atomic E-state index is -0.123. The lowest BCUT2D eigenvalue weighted by Gasteiger charge is -2.21. The first kappa shape index (κ1) is 26.7. The Bertz CT molecular complexity index is 842. The Morgan fingerprint density at radius 1 is 0.875 bits per heavy atom. The van der Waals surface area contributed by atoms with E-state index in [2.05, 4.69) is 15.1 Å². The number of hydrogen-bond acceptors (Lipinski definition) is 4. The van der Waals surface area contributed by atoms with E-state index in [1.54, 1.807) is 24.3 Å². The van der Waals surface area contributed by atoms with Crippen LogP contribution >= 0.6 is 36.4 Å². The number of carbonyl (C=O) groups is 1. The molecule has 2 saturated heterocycles. The van der Waals surface area contributed by atoms with Crippen LogP contribution in [0.4, 0.5) is 0 Å². The summed E-state index contributed by atoms with van der Waals surface area (Å²) < 4.78 is 0. The van der Waals surface area contributed by atoms with E-state index in [-0.39, 0.29) is 30.7 Å². The molecule has 0 aromatic heterocycles. The van der Waals surface area contributed by atoms with Crippen molar-refractivity contribution < 1.29 is 9.90 Å². The first-order chi connectivity index (χ1) is 14.6. The van der Waals surface area contributed by atoms with Crippen LogP contribution in [0.3, 0.4) is 0 Å². The molecule has 0 saturated carbocycles. The molecule has 2 N–H and O–H groups in total. The third kappa shape index (κ3) is 7.00. The third-order valence-corrected chi connectivity index (χ3v) is 6.32. The summed E-state index contributed by atoms with van der Waals surface area (Å²) in [6.07, 6.45) is 4.88. The molecule has 0 unspecified atom stereocenters. The van der Waals surface area contributed by atoms with Gasteiger partial charge in [-0.2, -0.15) is 0 Å². The predicted molar refractivity (Wildman–Crippen MR) is 134 cm³/mol. The second-order valence-electron chi connectivity index (χ2n) is 8.42. The molecule has 0 aliphatic carbocycles. The largest absolute Gasteiger partial charge is 0.507 e. The van der Waals surface area contributed by atoms with Crippen molar-refractivity contribution in [1.82, 2.24) is 15.1 Å². The standard InChI is InChI=1S/C24H30ClN3O2.2ClH/c25-22-7-5-19(6-8-22)24(30)26-15-18-13-20(16-27-9-1-2-10-27)23(29)21(14-18)17-28-11-3-4-12-28;;/h5-8,13-14,29H,1-4,9-12,15-17H2,(H,26,30);2*1H. The highest BCUT2D eigenvalue weighted by Crippen LogP contribution is 2.29. The van der Waals surface area contributed by atoms with Crippen LogP contribution in [0.2, 0.25) is 5.02 Å². The van der Waals surface area contributed by atoms with Gasteiger partial charge in [0.2, 0.25) is 0 Å². The van der Waals surface area contributed by atoms with Crippen molar-refractivity contribution in [3.63, 3.8) is 0 Å². The molecule has 32 heavy (non-hydrogen) atoms. The molecule has 0 atom stereocenters. The van der Waals surface area contributed by atoms with Gasteiger partial charge in [-0.15, -0.1) is 24.8 Å². The molecule has 4 rings (SSSR count). The summed E-state index contributed by atoms with van der Waals surface area (Å²) in [4.78, 5) is 17.3. The van der Waals surface area contributed by atoms with Gasteiger partial charge in [0.25, 0.3) is 5.91 Å². The van der Waals surface area contributed by atoms with E-state index in [9.17, 15) is 9.90 Å². The zero-order valence-electron chi connectivity index (χ0n) is 18.2. The Morgan fingerprint density at radius 3 is 1.81 bits per heavy atom. The van der Waals surface area contributed by atoms with Crippen molar-refractivity contribution in [2.75, 3.05) is 26.2 Å². The number of aromatic hydroxyl groups is 1. The van der Waals surface area contributed by atoms with Gasteiger partial charge in [-0.3, -0.25) is 14.6 Å². The summed E-state index contributed by atoms with van der Waals surface area (Å²) in [7, 11) is 0. The molecule has 2 aliphatic heterocycles. The fourth-order valence-corrected chi connectivity index (χ4v) is 4.55. The zero-order chi connectivity index (χ0) is 20.9.